The third kappa shape index (κ3) is 1.06. The van der Waals surface area contributed by atoms with E-state index in [1.54, 1.807) is 11.3 Å². The summed E-state index contributed by atoms with van der Waals surface area (Å²) in [5, 5.41) is 8.91. The van der Waals surface area contributed by atoms with Gasteiger partial charge in [0.05, 0.1) is 0 Å². The minimum absolute atomic E-state index is 0.712. The van der Waals surface area contributed by atoms with Gasteiger partial charge in [-0.2, -0.15) is 0 Å². The lowest BCUT2D eigenvalue weighted by atomic mass is 10.1. The summed E-state index contributed by atoms with van der Waals surface area (Å²) >= 11 is 1.57. The molecule has 10 heavy (non-hydrogen) atoms. The highest BCUT2D eigenvalue weighted by Crippen LogP contribution is 2.34. The van der Waals surface area contributed by atoms with E-state index >= 15 is 0 Å². The van der Waals surface area contributed by atoms with Gasteiger partial charge in [0.25, 0.3) is 0 Å². The van der Waals surface area contributed by atoms with Gasteiger partial charge in [-0.3, -0.25) is 0 Å². The molecule has 1 heterocycles. The molecular weight excluding hydrogens is 144 g/mol. The van der Waals surface area contributed by atoms with E-state index in [4.69, 9.17) is 0 Å². The Hall–Kier alpha value is -0.440. The maximum atomic E-state index is 4.01. The molecule has 0 unspecified atom stereocenters. The van der Waals surface area contributed by atoms with E-state index in [1.807, 2.05) is 0 Å². The first-order chi connectivity index (χ1) is 4.97. The Kier molecular flexibility index (Phi) is 1.67. The van der Waals surface area contributed by atoms with Crippen LogP contribution in [0.1, 0.15) is 36.6 Å². The van der Waals surface area contributed by atoms with Gasteiger partial charge < -0.3 is 0 Å². The van der Waals surface area contributed by atoms with Crippen molar-refractivity contribution in [3.8, 4) is 0 Å². The van der Waals surface area contributed by atoms with Gasteiger partial charge in [0.1, 0.15) is 5.01 Å². The van der Waals surface area contributed by atoms with Crippen LogP contribution in [0, 0.1) is 5.51 Å². The lowest BCUT2D eigenvalue weighted by Crippen LogP contribution is -1.89. The minimum Gasteiger partial charge on any atom is -0.143 e. The maximum absolute atomic E-state index is 4.01. The van der Waals surface area contributed by atoms with E-state index in [0.29, 0.717) is 5.92 Å². The maximum Gasteiger partial charge on any atom is 0.178 e. The largest absolute Gasteiger partial charge is 0.178 e. The number of rotatable bonds is 1. The lowest BCUT2D eigenvalue weighted by molar-refractivity contribution is 0.704. The molecule has 1 aromatic heterocycles. The Morgan fingerprint density at radius 1 is 1.40 bits per heavy atom. The fourth-order valence-electron chi connectivity index (χ4n) is 1.50. The van der Waals surface area contributed by atoms with Crippen LogP contribution in [-0.4, -0.2) is 10.2 Å². The smallest absolute Gasteiger partial charge is 0.143 e. The monoisotopic (exact) mass is 153 g/mol. The SMILES string of the molecule is [c]1nnc(C2CCCC2)s1. The van der Waals surface area contributed by atoms with Crippen LogP contribution < -0.4 is 0 Å². The van der Waals surface area contributed by atoms with Gasteiger partial charge in [-0.1, -0.05) is 24.2 Å². The van der Waals surface area contributed by atoms with Crippen molar-refractivity contribution < 1.29 is 0 Å². The average Bonchev–Trinajstić information content (AvgIpc) is 2.59. The van der Waals surface area contributed by atoms with E-state index in [2.05, 4.69) is 15.7 Å². The molecule has 0 amide bonds. The van der Waals surface area contributed by atoms with Crippen molar-refractivity contribution in [1.29, 1.82) is 0 Å². The standard InChI is InChI=1S/C7H9N2S/c1-2-4-6(3-1)7-9-8-5-10-7/h6H,1-4H2. The first kappa shape index (κ1) is 6.28. The Morgan fingerprint density at radius 3 is 2.80 bits per heavy atom. The Bertz CT molecular complexity index is 189. The molecule has 53 valence electrons. The van der Waals surface area contributed by atoms with Gasteiger partial charge in [0, 0.05) is 5.92 Å². The molecule has 1 saturated carbocycles. The minimum atomic E-state index is 0.712. The molecule has 1 fully saturated rings. The normalized spacial score (nSPS) is 20.0. The fourth-order valence-corrected chi connectivity index (χ4v) is 2.15. The molecule has 2 rings (SSSR count). The van der Waals surface area contributed by atoms with Crippen LogP contribution in [-0.2, 0) is 0 Å². The van der Waals surface area contributed by atoms with Crippen molar-refractivity contribution in [3.63, 3.8) is 0 Å². The molecule has 0 aromatic carbocycles. The second-order valence-corrected chi connectivity index (χ2v) is 3.52. The molecule has 0 spiro atoms. The molecule has 0 N–H and O–H groups in total. The van der Waals surface area contributed by atoms with E-state index < -0.39 is 0 Å². The van der Waals surface area contributed by atoms with E-state index in [0.717, 1.165) is 0 Å². The van der Waals surface area contributed by atoms with Gasteiger partial charge in [0.2, 0.25) is 0 Å². The van der Waals surface area contributed by atoms with Crippen LogP contribution in [0.3, 0.4) is 0 Å². The van der Waals surface area contributed by atoms with Crippen molar-refractivity contribution in [2.24, 2.45) is 0 Å². The first-order valence-electron chi connectivity index (χ1n) is 3.66. The third-order valence-electron chi connectivity index (χ3n) is 2.04. The second-order valence-electron chi connectivity index (χ2n) is 2.71. The summed E-state index contributed by atoms with van der Waals surface area (Å²) in [4.78, 5) is 0. The van der Waals surface area contributed by atoms with Crippen LogP contribution >= 0.6 is 11.3 Å². The van der Waals surface area contributed by atoms with Crippen molar-refractivity contribution in [2.75, 3.05) is 0 Å². The highest BCUT2D eigenvalue weighted by Gasteiger charge is 2.19. The van der Waals surface area contributed by atoms with E-state index in [-0.39, 0.29) is 0 Å². The average molecular weight is 153 g/mol. The zero-order chi connectivity index (χ0) is 6.81. The fraction of sp³-hybridized carbons (Fsp3) is 0.714. The van der Waals surface area contributed by atoms with Gasteiger partial charge in [-0.05, 0) is 12.8 Å². The van der Waals surface area contributed by atoms with Gasteiger partial charge in [-0.25, -0.2) is 0 Å². The summed E-state index contributed by atoms with van der Waals surface area (Å²) < 4.78 is 0. The lowest BCUT2D eigenvalue weighted by Gasteiger charge is -1.99. The van der Waals surface area contributed by atoms with E-state index in [1.165, 1.54) is 30.7 Å². The predicted molar refractivity (Wildman–Crippen MR) is 40.0 cm³/mol. The number of hydrogen-bond acceptors (Lipinski definition) is 3. The molecule has 3 heteroatoms. The van der Waals surface area contributed by atoms with E-state index in [9.17, 15) is 0 Å². The molecular formula is C7H9N2S. The molecule has 1 aliphatic rings. The van der Waals surface area contributed by atoms with Crippen LogP contribution in [0.4, 0.5) is 0 Å². The molecule has 0 bridgehead atoms. The highest BCUT2D eigenvalue weighted by atomic mass is 32.1. The van der Waals surface area contributed by atoms with Gasteiger partial charge >= 0.3 is 0 Å². The summed E-state index contributed by atoms with van der Waals surface area (Å²) in [5.41, 5.74) is 2.79. The van der Waals surface area contributed by atoms with Crippen LogP contribution in [0.5, 0.6) is 0 Å². The molecule has 1 aliphatic carbocycles. The van der Waals surface area contributed by atoms with Gasteiger partial charge in [-0.15, -0.1) is 10.2 Å². The molecule has 2 nitrogen and oxygen atoms in total. The molecule has 1 radical (unpaired) electrons. The molecule has 1 aromatic rings. The van der Waals surface area contributed by atoms with Crippen LogP contribution in [0.15, 0.2) is 0 Å². The van der Waals surface area contributed by atoms with Crippen molar-refractivity contribution in [1.82, 2.24) is 10.2 Å². The molecule has 0 atom stereocenters. The van der Waals surface area contributed by atoms with Gasteiger partial charge in [0.15, 0.2) is 5.51 Å². The Morgan fingerprint density at radius 2 is 2.20 bits per heavy atom. The third-order valence-corrected chi connectivity index (χ3v) is 2.84. The Labute approximate surface area is 64.3 Å². The predicted octanol–water partition coefficient (Wildman–Crippen LogP) is 2.00. The first-order valence-corrected chi connectivity index (χ1v) is 4.48. The van der Waals surface area contributed by atoms with Crippen molar-refractivity contribution in [3.05, 3.63) is 10.5 Å². The molecule has 0 saturated heterocycles. The summed E-state index contributed by atoms with van der Waals surface area (Å²) in [7, 11) is 0. The summed E-state index contributed by atoms with van der Waals surface area (Å²) in [5.74, 6) is 0.712. The highest BCUT2D eigenvalue weighted by molar-refractivity contribution is 7.08. The topological polar surface area (TPSA) is 25.8 Å². The number of nitrogens with zero attached hydrogens (tertiary/aromatic N) is 2. The summed E-state index contributed by atoms with van der Waals surface area (Å²) in [6, 6.07) is 0. The van der Waals surface area contributed by atoms with Crippen LogP contribution in [0.25, 0.3) is 0 Å². The Balaban J connectivity index is 2.12. The van der Waals surface area contributed by atoms with Crippen molar-refractivity contribution in [2.45, 2.75) is 31.6 Å². The van der Waals surface area contributed by atoms with Crippen LogP contribution in [0.2, 0.25) is 0 Å². The second kappa shape index (κ2) is 2.66. The zero-order valence-corrected chi connectivity index (χ0v) is 6.52. The summed E-state index contributed by atoms with van der Waals surface area (Å²) in [6.45, 7) is 0. The number of hydrogen-bond donors (Lipinski definition) is 0. The molecule has 0 aliphatic heterocycles. The zero-order valence-electron chi connectivity index (χ0n) is 5.71. The quantitative estimate of drug-likeness (QED) is 0.616. The summed E-state index contributed by atoms with van der Waals surface area (Å²) in [6.07, 6.45) is 5.35. The number of aromatic nitrogens is 2. The van der Waals surface area contributed by atoms with Crippen molar-refractivity contribution >= 4 is 11.3 Å².